The average Bonchev–Trinajstić information content (AvgIpc) is 3.04. The Morgan fingerprint density at radius 3 is 2.75 bits per heavy atom. The van der Waals surface area contributed by atoms with Gasteiger partial charge in [-0.1, -0.05) is 11.6 Å². The third-order valence-corrected chi connectivity index (χ3v) is 5.34. The van der Waals surface area contributed by atoms with Gasteiger partial charge in [-0.25, -0.2) is 13.1 Å². The zero-order chi connectivity index (χ0) is 17.7. The topological polar surface area (TPSA) is 128 Å². The molecule has 1 atom stereocenters. The van der Waals surface area contributed by atoms with Gasteiger partial charge in [0.1, 0.15) is 4.90 Å². The smallest absolute Gasteiger partial charge is 0.251 e. The van der Waals surface area contributed by atoms with Gasteiger partial charge in [-0.15, -0.1) is 0 Å². The number of ether oxygens (including phenoxy) is 1. The SMILES string of the molecule is NC(=O)CNC(=O)c1ccc(Cl)c(S(=O)(=O)NC[C@@H]2CCCO2)c1. The average molecular weight is 376 g/mol. The first-order valence-corrected chi connectivity index (χ1v) is 9.13. The molecule has 2 amide bonds. The summed E-state index contributed by atoms with van der Waals surface area (Å²) in [7, 11) is -3.90. The van der Waals surface area contributed by atoms with Crippen molar-refractivity contribution in [1.82, 2.24) is 10.0 Å². The van der Waals surface area contributed by atoms with Crippen LogP contribution in [-0.2, 0) is 19.6 Å². The molecule has 1 saturated heterocycles. The number of hydrogen-bond acceptors (Lipinski definition) is 5. The van der Waals surface area contributed by atoms with E-state index in [9.17, 15) is 18.0 Å². The van der Waals surface area contributed by atoms with Crippen LogP contribution in [0.5, 0.6) is 0 Å². The maximum Gasteiger partial charge on any atom is 0.251 e. The molecule has 8 nitrogen and oxygen atoms in total. The number of nitrogens with one attached hydrogen (secondary N) is 2. The molecule has 132 valence electrons. The lowest BCUT2D eigenvalue weighted by Gasteiger charge is -2.13. The lowest BCUT2D eigenvalue weighted by Crippen LogP contribution is -2.34. The Bertz CT molecular complexity index is 732. The van der Waals surface area contributed by atoms with Gasteiger partial charge in [0.2, 0.25) is 15.9 Å². The van der Waals surface area contributed by atoms with Crippen molar-refractivity contribution < 1.29 is 22.7 Å². The summed E-state index contributed by atoms with van der Waals surface area (Å²) in [6.45, 7) is 0.403. The van der Waals surface area contributed by atoms with Crippen molar-refractivity contribution in [3.8, 4) is 0 Å². The van der Waals surface area contributed by atoms with E-state index in [1.54, 1.807) is 0 Å². The lowest BCUT2D eigenvalue weighted by molar-refractivity contribution is -0.117. The molecule has 1 aliphatic rings. The number of carbonyl (C=O) groups excluding carboxylic acids is 2. The highest BCUT2D eigenvalue weighted by Crippen LogP contribution is 2.23. The van der Waals surface area contributed by atoms with Crippen LogP contribution in [0.15, 0.2) is 23.1 Å². The van der Waals surface area contributed by atoms with Gasteiger partial charge in [-0.05, 0) is 31.0 Å². The second-order valence-electron chi connectivity index (χ2n) is 5.28. The molecule has 0 bridgehead atoms. The molecule has 1 aliphatic heterocycles. The zero-order valence-electron chi connectivity index (χ0n) is 12.7. The quantitative estimate of drug-likeness (QED) is 0.618. The molecule has 0 aromatic heterocycles. The lowest BCUT2D eigenvalue weighted by atomic mass is 10.2. The van der Waals surface area contributed by atoms with E-state index in [1.807, 2.05) is 0 Å². The van der Waals surface area contributed by atoms with Crippen LogP contribution in [0.3, 0.4) is 0 Å². The fraction of sp³-hybridized carbons (Fsp3) is 0.429. The molecular formula is C14H18ClN3O5S. The van der Waals surface area contributed by atoms with Crippen molar-refractivity contribution in [1.29, 1.82) is 0 Å². The molecule has 24 heavy (non-hydrogen) atoms. The third-order valence-electron chi connectivity index (χ3n) is 3.43. The third kappa shape index (κ3) is 4.91. The van der Waals surface area contributed by atoms with Gasteiger partial charge in [-0.3, -0.25) is 9.59 Å². The number of nitrogens with two attached hydrogens (primary N) is 1. The van der Waals surface area contributed by atoms with Gasteiger partial charge in [0.25, 0.3) is 5.91 Å². The van der Waals surface area contributed by atoms with E-state index < -0.39 is 21.8 Å². The van der Waals surface area contributed by atoms with Crippen LogP contribution in [0.25, 0.3) is 0 Å². The number of rotatable bonds is 7. The number of primary amides is 1. The molecule has 0 saturated carbocycles. The van der Waals surface area contributed by atoms with E-state index in [1.165, 1.54) is 12.1 Å². The maximum atomic E-state index is 12.4. The van der Waals surface area contributed by atoms with E-state index in [-0.39, 0.29) is 34.7 Å². The molecule has 0 aliphatic carbocycles. The van der Waals surface area contributed by atoms with Gasteiger partial charge >= 0.3 is 0 Å². The fourth-order valence-corrected chi connectivity index (χ4v) is 3.80. The van der Waals surface area contributed by atoms with Crippen molar-refractivity contribution >= 4 is 33.4 Å². The number of carbonyl (C=O) groups is 2. The second kappa shape index (κ2) is 7.93. The maximum absolute atomic E-state index is 12.4. The molecule has 1 aromatic rings. The number of amides is 2. The van der Waals surface area contributed by atoms with Gasteiger partial charge in [0.05, 0.1) is 17.7 Å². The van der Waals surface area contributed by atoms with Gasteiger partial charge in [-0.2, -0.15) is 0 Å². The molecule has 0 radical (unpaired) electrons. The molecule has 2 rings (SSSR count). The van der Waals surface area contributed by atoms with Crippen molar-refractivity contribution in [3.05, 3.63) is 28.8 Å². The van der Waals surface area contributed by atoms with Crippen LogP contribution in [0.4, 0.5) is 0 Å². The Hall–Kier alpha value is -1.68. The summed E-state index contributed by atoms with van der Waals surface area (Å²) in [6, 6.07) is 3.82. The van der Waals surface area contributed by atoms with Crippen LogP contribution in [0.2, 0.25) is 5.02 Å². The van der Waals surface area contributed by atoms with E-state index in [0.717, 1.165) is 18.9 Å². The summed E-state index contributed by atoms with van der Waals surface area (Å²) in [5.41, 5.74) is 5.00. The second-order valence-corrected chi connectivity index (χ2v) is 7.42. The number of sulfonamides is 1. The van der Waals surface area contributed by atoms with Crippen molar-refractivity contribution in [2.45, 2.75) is 23.8 Å². The van der Waals surface area contributed by atoms with E-state index in [0.29, 0.717) is 6.61 Å². The summed E-state index contributed by atoms with van der Waals surface area (Å²) in [5.74, 6) is -1.33. The van der Waals surface area contributed by atoms with E-state index in [2.05, 4.69) is 10.0 Å². The Morgan fingerprint density at radius 1 is 1.38 bits per heavy atom. The highest BCUT2D eigenvalue weighted by molar-refractivity contribution is 7.89. The minimum absolute atomic E-state index is 0.0127. The Kier molecular flexibility index (Phi) is 6.16. The predicted molar refractivity (Wildman–Crippen MR) is 87.1 cm³/mol. The molecule has 4 N–H and O–H groups in total. The van der Waals surface area contributed by atoms with Crippen LogP contribution in [-0.4, -0.2) is 46.0 Å². The summed E-state index contributed by atoms with van der Waals surface area (Å²) in [6.07, 6.45) is 1.51. The highest BCUT2D eigenvalue weighted by atomic mass is 35.5. The first-order chi connectivity index (χ1) is 11.3. The van der Waals surface area contributed by atoms with Crippen LogP contribution in [0, 0.1) is 0 Å². The largest absolute Gasteiger partial charge is 0.377 e. The first kappa shape index (κ1) is 18.7. The summed E-state index contributed by atoms with van der Waals surface area (Å²) in [5, 5.41) is 2.27. The number of benzene rings is 1. The number of hydrogen-bond donors (Lipinski definition) is 3. The monoisotopic (exact) mass is 375 g/mol. The molecule has 1 heterocycles. The van der Waals surface area contributed by atoms with Crippen molar-refractivity contribution in [2.75, 3.05) is 19.7 Å². The van der Waals surface area contributed by atoms with Crippen molar-refractivity contribution in [2.24, 2.45) is 5.73 Å². The van der Waals surface area contributed by atoms with Gasteiger partial charge in [0, 0.05) is 18.7 Å². The highest BCUT2D eigenvalue weighted by Gasteiger charge is 2.23. The molecule has 1 fully saturated rings. The fourth-order valence-electron chi connectivity index (χ4n) is 2.21. The summed E-state index contributed by atoms with van der Waals surface area (Å²) < 4.78 is 32.6. The van der Waals surface area contributed by atoms with Crippen LogP contribution in [0.1, 0.15) is 23.2 Å². The van der Waals surface area contributed by atoms with Crippen LogP contribution >= 0.6 is 11.6 Å². The van der Waals surface area contributed by atoms with Gasteiger partial charge in [0.15, 0.2) is 0 Å². The van der Waals surface area contributed by atoms with Crippen molar-refractivity contribution in [3.63, 3.8) is 0 Å². The van der Waals surface area contributed by atoms with E-state index in [4.69, 9.17) is 22.1 Å². The van der Waals surface area contributed by atoms with Gasteiger partial charge < -0.3 is 15.8 Å². The molecule has 10 heteroatoms. The molecule has 0 unspecified atom stereocenters. The Balaban J connectivity index is 2.14. The predicted octanol–water partition coefficient (Wildman–Crippen LogP) is 0.0124. The molecular weight excluding hydrogens is 358 g/mol. The normalized spacial score (nSPS) is 17.6. The summed E-state index contributed by atoms with van der Waals surface area (Å²) >= 11 is 5.95. The number of halogens is 1. The standard InChI is InChI=1S/C14H18ClN3O5S/c15-11-4-3-9(14(20)17-8-13(16)19)6-12(11)24(21,22)18-7-10-2-1-5-23-10/h3-4,6,10,18H,1-2,5,7-8H2,(H2,16,19)(H,17,20)/t10-/m0/s1. The molecule has 0 spiro atoms. The zero-order valence-corrected chi connectivity index (χ0v) is 14.3. The summed E-state index contributed by atoms with van der Waals surface area (Å²) in [4.78, 5) is 22.4. The Labute approximate surface area is 144 Å². The minimum Gasteiger partial charge on any atom is -0.377 e. The minimum atomic E-state index is -3.90. The molecule has 1 aromatic carbocycles. The first-order valence-electron chi connectivity index (χ1n) is 7.27. The Morgan fingerprint density at radius 2 is 2.12 bits per heavy atom. The van der Waals surface area contributed by atoms with E-state index >= 15 is 0 Å². The van der Waals surface area contributed by atoms with Crippen LogP contribution < -0.4 is 15.8 Å².